The van der Waals surface area contributed by atoms with Crippen molar-refractivity contribution in [2.75, 3.05) is 6.79 Å². The van der Waals surface area contributed by atoms with E-state index < -0.39 is 0 Å². The van der Waals surface area contributed by atoms with Gasteiger partial charge in [-0.25, -0.2) is 0 Å². The highest BCUT2D eigenvalue weighted by molar-refractivity contribution is 5.78. The molecule has 1 unspecified atom stereocenters. The Hall–Kier alpha value is -2.75. The number of hydrogen-bond acceptors (Lipinski definition) is 3. The predicted molar refractivity (Wildman–Crippen MR) is 93.8 cm³/mol. The molecule has 2 heterocycles. The van der Waals surface area contributed by atoms with Crippen LogP contribution in [0.3, 0.4) is 0 Å². The van der Waals surface area contributed by atoms with Crippen LogP contribution >= 0.6 is 0 Å². The largest absolute Gasteiger partial charge is 0.454 e. The number of pyridine rings is 1. The van der Waals surface area contributed by atoms with E-state index in [-0.39, 0.29) is 5.43 Å². The van der Waals surface area contributed by atoms with E-state index in [9.17, 15) is 4.79 Å². The second kappa shape index (κ2) is 6.04. The van der Waals surface area contributed by atoms with E-state index in [1.54, 1.807) is 6.07 Å². The third-order valence-electron chi connectivity index (χ3n) is 4.66. The smallest absolute Gasteiger partial charge is 0.231 e. The van der Waals surface area contributed by atoms with E-state index in [0.717, 1.165) is 35.4 Å². The van der Waals surface area contributed by atoms with Gasteiger partial charge in [-0.15, -0.1) is 0 Å². The number of fused-ring (bicyclic) bond motifs is 2. The van der Waals surface area contributed by atoms with Crippen molar-refractivity contribution in [3.05, 3.63) is 70.5 Å². The molecule has 0 N–H and O–H groups in total. The Morgan fingerprint density at radius 2 is 1.92 bits per heavy atom. The minimum absolute atomic E-state index is 0.0676. The van der Waals surface area contributed by atoms with Crippen LogP contribution in [0.15, 0.2) is 59.5 Å². The molecule has 0 amide bonds. The number of aromatic nitrogens is 1. The summed E-state index contributed by atoms with van der Waals surface area (Å²) in [7, 11) is 0. The molecule has 1 aromatic heterocycles. The molecule has 24 heavy (non-hydrogen) atoms. The summed E-state index contributed by atoms with van der Waals surface area (Å²) in [5, 5.41) is 0.764. The molecule has 4 heteroatoms. The summed E-state index contributed by atoms with van der Waals surface area (Å²) in [4.78, 5) is 12.0. The maximum atomic E-state index is 12.0. The van der Waals surface area contributed by atoms with E-state index in [1.807, 2.05) is 36.5 Å². The fraction of sp³-hybridized carbons (Fsp3) is 0.250. The number of nitrogens with zero attached hydrogens (tertiary/aromatic N) is 1. The molecule has 4 nitrogen and oxygen atoms in total. The third-order valence-corrected chi connectivity index (χ3v) is 4.66. The van der Waals surface area contributed by atoms with Crippen LogP contribution in [-0.2, 0) is 6.54 Å². The summed E-state index contributed by atoms with van der Waals surface area (Å²) < 4.78 is 13.1. The molecule has 4 rings (SSSR count). The van der Waals surface area contributed by atoms with E-state index in [2.05, 4.69) is 23.6 Å². The van der Waals surface area contributed by atoms with Gasteiger partial charge in [0.15, 0.2) is 16.9 Å². The predicted octanol–water partition coefficient (Wildman–Crippen LogP) is 3.92. The van der Waals surface area contributed by atoms with Gasteiger partial charge in [0.25, 0.3) is 0 Å². The molecular weight excluding hydrogens is 302 g/mol. The minimum atomic E-state index is 0.0676. The third kappa shape index (κ3) is 2.54. The SMILES string of the molecule is CCC(Cn1ccc(=O)c2ccccc21)c1ccc2c(c1)OCO2. The number of rotatable bonds is 4. The Morgan fingerprint density at radius 1 is 1.08 bits per heavy atom. The van der Waals surface area contributed by atoms with E-state index in [1.165, 1.54) is 5.56 Å². The Labute approximate surface area is 140 Å². The van der Waals surface area contributed by atoms with Gasteiger partial charge >= 0.3 is 0 Å². The van der Waals surface area contributed by atoms with Crippen LogP contribution in [0.5, 0.6) is 11.5 Å². The first-order valence-corrected chi connectivity index (χ1v) is 8.24. The number of benzene rings is 2. The molecule has 0 radical (unpaired) electrons. The van der Waals surface area contributed by atoms with Crippen LogP contribution in [0, 0.1) is 0 Å². The van der Waals surface area contributed by atoms with Crippen LogP contribution in [0.4, 0.5) is 0 Å². The molecule has 0 spiro atoms. The molecule has 2 aromatic carbocycles. The molecular formula is C20H19NO3. The first-order valence-electron chi connectivity index (χ1n) is 8.24. The molecule has 0 saturated carbocycles. The number of ether oxygens (including phenoxy) is 2. The Kier molecular flexibility index (Phi) is 3.73. The highest BCUT2D eigenvalue weighted by atomic mass is 16.7. The molecule has 0 aliphatic carbocycles. The molecule has 0 fully saturated rings. The molecule has 1 aliphatic heterocycles. The Bertz CT molecular complexity index is 945. The van der Waals surface area contributed by atoms with Crippen molar-refractivity contribution in [1.82, 2.24) is 4.57 Å². The van der Waals surface area contributed by atoms with Crippen molar-refractivity contribution in [3.63, 3.8) is 0 Å². The van der Waals surface area contributed by atoms with Gasteiger partial charge < -0.3 is 14.0 Å². The van der Waals surface area contributed by atoms with Crippen LogP contribution < -0.4 is 14.9 Å². The summed E-state index contributed by atoms with van der Waals surface area (Å²) in [6.07, 6.45) is 2.89. The Morgan fingerprint density at radius 3 is 2.79 bits per heavy atom. The van der Waals surface area contributed by atoms with Gasteiger partial charge in [-0.1, -0.05) is 25.1 Å². The molecule has 1 atom stereocenters. The average molecular weight is 321 g/mol. The summed E-state index contributed by atoms with van der Waals surface area (Å²) >= 11 is 0. The molecule has 1 aliphatic rings. The lowest BCUT2D eigenvalue weighted by atomic mass is 9.95. The van der Waals surface area contributed by atoms with Gasteiger partial charge in [0.05, 0.1) is 5.52 Å². The van der Waals surface area contributed by atoms with E-state index >= 15 is 0 Å². The van der Waals surface area contributed by atoms with Crippen molar-refractivity contribution in [2.24, 2.45) is 0 Å². The topological polar surface area (TPSA) is 40.5 Å². The lowest BCUT2D eigenvalue weighted by Gasteiger charge is -2.19. The zero-order valence-corrected chi connectivity index (χ0v) is 13.6. The van der Waals surface area contributed by atoms with Gasteiger partial charge in [-0.2, -0.15) is 0 Å². The fourth-order valence-electron chi connectivity index (χ4n) is 3.29. The van der Waals surface area contributed by atoms with E-state index in [4.69, 9.17) is 9.47 Å². The number of hydrogen-bond donors (Lipinski definition) is 0. The van der Waals surface area contributed by atoms with Gasteiger partial charge in [-0.3, -0.25) is 4.79 Å². The van der Waals surface area contributed by atoms with Crippen molar-refractivity contribution < 1.29 is 9.47 Å². The standard InChI is InChI=1S/C20H19NO3/c1-2-14(15-7-8-19-20(11-15)24-13-23-19)12-21-10-9-18(22)16-5-3-4-6-17(16)21/h3-11,14H,2,12-13H2,1H3. The highest BCUT2D eigenvalue weighted by Gasteiger charge is 2.18. The van der Waals surface area contributed by atoms with Gasteiger partial charge in [0.2, 0.25) is 6.79 Å². The molecule has 3 aromatic rings. The van der Waals surface area contributed by atoms with Crippen molar-refractivity contribution >= 4 is 10.9 Å². The lowest BCUT2D eigenvalue weighted by molar-refractivity contribution is 0.174. The first-order chi connectivity index (χ1) is 11.8. The minimum Gasteiger partial charge on any atom is -0.454 e. The van der Waals surface area contributed by atoms with Crippen LogP contribution in [0.25, 0.3) is 10.9 Å². The van der Waals surface area contributed by atoms with Crippen LogP contribution in [-0.4, -0.2) is 11.4 Å². The summed E-state index contributed by atoms with van der Waals surface area (Å²) in [6, 6.07) is 15.6. The van der Waals surface area contributed by atoms with Crippen molar-refractivity contribution in [2.45, 2.75) is 25.8 Å². The quantitative estimate of drug-likeness (QED) is 0.731. The highest BCUT2D eigenvalue weighted by Crippen LogP contribution is 2.36. The molecule has 122 valence electrons. The summed E-state index contributed by atoms with van der Waals surface area (Å²) in [6.45, 7) is 3.29. The molecule has 0 saturated heterocycles. The Balaban J connectivity index is 1.71. The zero-order valence-electron chi connectivity index (χ0n) is 13.6. The lowest BCUT2D eigenvalue weighted by Crippen LogP contribution is -2.13. The average Bonchev–Trinajstić information content (AvgIpc) is 3.09. The maximum absolute atomic E-state index is 12.0. The fourth-order valence-corrected chi connectivity index (χ4v) is 3.29. The van der Waals surface area contributed by atoms with Crippen LogP contribution in [0.2, 0.25) is 0 Å². The van der Waals surface area contributed by atoms with Crippen molar-refractivity contribution in [1.29, 1.82) is 0 Å². The molecule has 0 bridgehead atoms. The van der Waals surface area contributed by atoms with Crippen molar-refractivity contribution in [3.8, 4) is 11.5 Å². The summed E-state index contributed by atoms with van der Waals surface area (Å²) in [5.41, 5.74) is 2.27. The number of para-hydroxylation sites is 1. The zero-order chi connectivity index (χ0) is 16.5. The van der Waals surface area contributed by atoms with Gasteiger partial charge in [0, 0.05) is 30.1 Å². The second-order valence-corrected chi connectivity index (χ2v) is 6.07. The first kappa shape index (κ1) is 14.8. The maximum Gasteiger partial charge on any atom is 0.231 e. The van der Waals surface area contributed by atoms with Crippen LogP contribution in [0.1, 0.15) is 24.8 Å². The van der Waals surface area contributed by atoms with Gasteiger partial charge in [0.1, 0.15) is 0 Å². The van der Waals surface area contributed by atoms with Gasteiger partial charge in [-0.05, 0) is 36.2 Å². The van der Waals surface area contributed by atoms with E-state index in [0.29, 0.717) is 12.7 Å². The summed E-state index contributed by atoms with van der Waals surface area (Å²) in [5.74, 6) is 1.96. The second-order valence-electron chi connectivity index (χ2n) is 6.07. The normalized spacial score (nSPS) is 14.0. The monoisotopic (exact) mass is 321 g/mol.